The van der Waals surface area contributed by atoms with Crippen molar-refractivity contribution < 1.29 is 10.2 Å². The Kier molecular flexibility index (Phi) is 4.29. The van der Waals surface area contributed by atoms with Crippen LogP contribution in [0.2, 0.25) is 0 Å². The second kappa shape index (κ2) is 5.47. The standard InChI is InChI=1S/C15H14I2O2/c1-15(2,9-3-5-13(18)11(16)7-9)10-4-6-14(19)12(17)8-10/h3-8,18-19H,1-2H3. The van der Waals surface area contributed by atoms with Crippen molar-refractivity contribution in [2.24, 2.45) is 0 Å². The zero-order chi connectivity index (χ0) is 14.2. The van der Waals surface area contributed by atoms with Gasteiger partial charge in [-0.2, -0.15) is 0 Å². The maximum Gasteiger partial charge on any atom is 0.128 e. The van der Waals surface area contributed by atoms with Crippen molar-refractivity contribution >= 4 is 45.2 Å². The summed E-state index contributed by atoms with van der Waals surface area (Å²) in [6.07, 6.45) is 0. The monoisotopic (exact) mass is 480 g/mol. The van der Waals surface area contributed by atoms with Crippen molar-refractivity contribution in [3.8, 4) is 11.5 Å². The molecule has 0 saturated carbocycles. The highest BCUT2D eigenvalue weighted by atomic mass is 127. The first kappa shape index (κ1) is 14.9. The molecule has 0 heterocycles. The minimum absolute atomic E-state index is 0.179. The highest BCUT2D eigenvalue weighted by Gasteiger charge is 2.24. The van der Waals surface area contributed by atoms with Gasteiger partial charge in [-0.1, -0.05) is 26.0 Å². The molecule has 0 spiro atoms. The lowest BCUT2D eigenvalue weighted by Gasteiger charge is -2.27. The zero-order valence-corrected chi connectivity index (χ0v) is 14.9. The average molecular weight is 480 g/mol. The lowest BCUT2D eigenvalue weighted by molar-refractivity contribution is 0.470. The summed E-state index contributed by atoms with van der Waals surface area (Å²) >= 11 is 4.26. The molecule has 2 rings (SSSR count). The normalized spacial score (nSPS) is 11.6. The molecule has 0 aliphatic carbocycles. The summed E-state index contributed by atoms with van der Waals surface area (Å²) < 4.78 is 1.69. The molecule has 19 heavy (non-hydrogen) atoms. The number of rotatable bonds is 2. The fourth-order valence-corrected chi connectivity index (χ4v) is 2.99. The van der Waals surface area contributed by atoms with E-state index >= 15 is 0 Å². The molecule has 0 bridgehead atoms. The van der Waals surface area contributed by atoms with Gasteiger partial charge in [0.1, 0.15) is 11.5 Å². The summed E-state index contributed by atoms with van der Waals surface area (Å²) in [4.78, 5) is 0. The number of hydrogen-bond donors (Lipinski definition) is 2. The molecule has 0 aliphatic heterocycles. The van der Waals surface area contributed by atoms with Gasteiger partial charge in [-0.25, -0.2) is 0 Å². The van der Waals surface area contributed by atoms with Gasteiger partial charge in [0.2, 0.25) is 0 Å². The van der Waals surface area contributed by atoms with Crippen LogP contribution in [0.4, 0.5) is 0 Å². The van der Waals surface area contributed by atoms with Crippen LogP contribution >= 0.6 is 45.2 Å². The van der Waals surface area contributed by atoms with Crippen molar-refractivity contribution in [2.45, 2.75) is 19.3 Å². The first-order chi connectivity index (χ1) is 8.82. The maximum absolute atomic E-state index is 9.62. The minimum Gasteiger partial charge on any atom is -0.507 e. The van der Waals surface area contributed by atoms with Gasteiger partial charge >= 0.3 is 0 Å². The SMILES string of the molecule is CC(C)(c1ccc(O)c(I)c1)c1ccc(O)c(I)c1. The Bertz CT molecular complexity index is 568. The largest absolute Gasteiger partial charge is 0.507 e. The Hall–Kier alpha value is -0.500. The molecule has 100 valence electrons. The average Bonchev–Trinajstić information content (AvgIpc) is 2.35. The van der Waals surface area contributed by atoms with E-state index in [0.29, 0.717) is 11.5 Å². The van der Waals surface area contributed by atoms with E-state index in [1.54, 1.807) is 12.1 Å². The fraction of sp³-hybridized carbons (Fsp3) is 0.200. The summed E-state index contributed by atoms with van der Waals surface area (Å²) in [7, 11) is 0. The van der Waals surface area contributed by atoms with Gasteiger partial charge in [0, 0.05) is 5.41 Å². The Morgan fingerprint density at radius 1 is 0.789 bits per heavy atom. The molecule has 0 unspecified atom stereocenters. The van der Waals surface area contributed by atoms with Gasteiger partial charge in [-0.05, 0) is 80.6 Å². The number of phenolic OH excluding ortho intramolecular Hbond substituents is 2. The Balaban J connectivity index is 2.51. The summed E-state index contributed by atoms with van der Waals surface area (Å²) in [6.45, 7) is 4.27. The molecule has 0 aromatic heterocycles. The molecule has 0 atom stereocenters. The van der Waals surface area contributed by atoms with E-state index in [1.807, 2.05) is 24.3 Å². The van der Waals surface area contributed by atoms with Gasteiger partial charge in [-0.3, -0.25) is 0 Å². The van der Waals surface area contributed by atoms with E-state index in [0.717, 1.165) is 18.3 Å². The van der Waals surface area contributed by atoms with Crippen LogP contribution in [0.25, 0.3) is 0 Å². The van der Waals surface area contributed by atoms with Gasteiger partial charge < -0.3 is 10.2 Å². The summed E-state index contributed by atoms with van der Waals surface area (Å²) in [5.74, 6) is 0.612. The third-order valence-electron chi connectivity index (χ3n) is 3.34. The summed E-state index contributed by atoms with van der Waals surface area (Å²) in [5, 5.41) is 19.2. The molecular formula is C15H14I2O2. The molecule has 0 amide bonds. The first-order valence-electron chi connectivity index (χ1n) is 5.80. The molecule has 2 nitrogen and oxygen atoms in total. The van der Waals surface area contributed by atoms with Gasteiger partial charge in [0.15, 0.2) is 0 Å². The van der Waals surface area contributed by atoms with E-state index in [-0.39, 0.29) is 5.41 Å². The van der Waals surface area contributed by atoms with Crippen molar-refractivity contribution in [1.29, 1.82) is 0 Å². The number of halogens is 2. The van der Waals surface area contributed by atoms with Crippen LogP contribution < -0.4 is 0 Å². The highest BCUT2D eigenvalue weighted by Crippen LogP contribution is 2.36. The molecule has 0 saturated heterocycles. The van der Waals surface area contributed by atoms with E-state index in [4.69, 9.17) is 0 Å². The fourth-order valence-electron chi connectivity index (χ4n) is 1.96. The number of aromatic hydroxyl groups is 2. The van der Waals surface area contributed by atoms with Crippen molar-refractivity contribution in [3.05, 3.63) is 54.7 Å². The van der Waals surface area contributed by atoms with Crippen molar-refractivity contribution in [1.82, 2.24) is 0 Å². The van der Waals surface area contributed by atoms with Crippen molar-refractivity contribution in [3.63, 3.8) is 0 Å². The van der Waals surface area contributed by atoms with Crippen molar-refractivity contribution in [2.75, 3.05) is 0 Å². The molecule has 2 N–H and O–H groups in total. The van der Waals surface area contributed by atoms with E-state index in [2.05, 4.69) is 59.0 Å². The second-order valence-electron chi connectivity index (χ2n) is 4.96. The summed E-state index contributed by atoms with van der Waals surface area (Å²) in [6, 6.07) is 11.3. The third-order valence-corrected chi connectivity index (χ3v) is 5.07. The zero-order valence-electron chi connectivity index (χ0n) is 10.6. The number of benzene rings is 2. The Morgan fingerprint density at radius 3 is 1.47 bits per heavy atom. The predicted molar refractivity (Wildman–Crippen MR) is 93.8 cm³/mol. The Labute approximate surface area is 140 Å². The highest BCUT2D eigenvalue weighted by molar-refractivity contribution is 14.1. The van der Waals surface area contributed by atoms with Crippen LogP contribution in [0.1, 0.15) is 25.0 Å². The van der Waals surface area contributed by atoms with Crippen LogP contribution in [-0.4, -0.2) is 10.2 Å². The molecule has 4 heteroatoms. The van der Waals surface area contributed by atoms with Crippen LogP contribution in [0.5, 0.6) is 11.5 Å². The van der Waals surface area contributed by atoms with Crippen LogP contribution in [0.3, 0.4) is 0 Å². The maximum atomic E-state index is 9.62. The van der Waals surface area contributed by atoms with Gasteiger partial charge in [0.05, 0.1) is 7.14 Å². The second-order valence-corrected chi connectivity index (χ2v) is 7.28. The van der Waals surface area contributed by atoms with E-state index in [9.17, 15) is 10.2 Å². The quantitative estimate of drug-likeness (QED) is 0.616. The molecule has 0 radical (unpaired) electrons. The van der Waals surface area contributed by atoms with Crippen LogP contribution in [0, 0.1) is 7.14 Å². The molecule has 2 aromatic carbocycles. The lowest BCUT2D eigenvalue weighted by atomic mass is 9.78. The molecule has 2 aromatic rings. The predicted octanol–water partition coefficient (Wildman–Crippen LogP) is 4.63. The number of hydrogen-bond acceptors (Lipinski definition) is 2. The topological polar surface area (TPSA) is 40.5 Å². The lowest BCUT2D eigenvalue weighted by Crippen LogP contribution is -2.19. The first-order valence-corrected chi connectivity index (χ1v) is 7.96. The van der Waals surface area contributed by atoms with Crippen LogP contribution in [0.15, 0.2) is 36.4 Å². The summed E-state index contributed by atoms with van der Waals surface area (Å²) in [5.41, 5.74) is 2.09. The van der Waals surface area contributed by atoms with E-state index < -0.39 is 0 Å². The molecule has 0 fully saturated rings. The smallest absolute Gasteiger partial charge is 0.128 e. The minimum atomic E-state index is -0.179. The Morgan fingerprint density at radius 2 is 1.16 bits per heavy atom. The van der Waals surface area contributed by atoms with Gasteiger partial charge in [-0.15, -0.1) is 0 Å². The van der Waals surface area contributed by atoms with E-state index in [1.165, 1.54) is 0 Å². The van der Waals surface area contributed by atoms with Crippen LogP contribution in [-0.2, 0) is 5.41 Å². The van der Waals surface area contributed by atoms with Gasteiger partial charge in [0.25, 0.3) is 0 Å². The molecule has 0 aliphatic rings. The number of phenols is 2. The molecular weight excluding hydrogens is 466 g/mol. The third kappa shape index (κ3) is 2.99.